The Morgan fingerprint density at radius 1 is 1.43 bits per heavy atom. The number of alkyl halides is 2. The maximum atomic E-state index is 12.3. The second kappa shape index (κ2) is 7.70. The van der Waals surface area contributed by atoms with Gasteiger partial charge < -0.3 is 20.5 Å². The fourth-order valence-electron chi connectivity index (χ4n) is 2.70. The Bertz CT molecular complexity index is 534. The molecule has 0 radical (unpaired) electrons. The number of amides is 1. The van der Waals surface area contributed by atoms with E-state index in [1.807, 2.05) is 13.0 Å². The van der Waals surface area contributed by atoms with Crippen molar-refractivity contribution < 1.29 is 23.0 Å². The van der Waals surface area contributed by atoms with Crippen molar-refractivity contribution in [3.05, 3.63) is 29.8 Å². The first-order valence-corrected chi connectivity index (χ1v) is 7.59. The van der Waals surface area contributed by atoms with Crippen molar-refractivity contribution in [3.63, 3.8) is 0 Å². The lowest BCUT2D eigenvalue weighted by Gasteiger charge is -2.35. The summed E-state index contributed by atoms with van der Waals surface area (Å²) >= 11 is 0. The number of hydrogen-bond donors (Lipinski definition) is 2. The normalized spacial score (nSPS) is 18.6. The fourth-order valence-corrected chi connectivity index (χ4v) is 2.70. The number of benzene rings is 1. The van der Waals surface area contributed by atoms with Gasteiger partial charge in [0.1, 0.15) is 5.75 Å². The minimum atomic E-state index is -2.85. The van der Waals surface area contributed by atoms with Gasteiger partial charge in [0.2, 0.25) is 5.91 Å². The van der Waals surface area contributed by atoms with Crippen molar-refractivity contribution in [1.82, 2.24) is 5.32 Å². The van der Waals surface area contributed by atoms with Crippen LogP contribution in [0.25, 0.3) is 0 Å². The van der Waals surface area contributed by atoms with Crippen molar-refractivity contribution in [2.24, 2.45) is 11.1 Å². The molecule has 1 saturated heterocycles. The van der Waals surface area contributed by atoms with Crippen LogP contribution in [0.3, 0.4) is 0 Å². The van der Waals surface area contributed by atoms with Crippen LogP contribution in [0.1, 0.15) is 31.4 Å². The number of halogens is 2. The monoisotopic (exact) mass is 328 g/mol. The van der Waals surface area contributed by atoms with E-state index in [0.717, 1.165) is 5.56 Å². The van der Waals surface area contributed by atoms with Crippen LogP contribution < -0.4 is 15.8 Å². The van der Waals surface area contributed by atoms with Crippen LogP contribution in [-0.4, -0.2) is 32.3 Å². The lowest BCUT2D eigenvalue weighted by Crippen LogP contribution is -2.48. The van der Waals surface area contributed by atoms with Gasteiger partial charge in [-0.15, -0.1) is 0 Å². The predicted octanol–water partition coefficient (Wildman–Crippen LogP) is 2.22. The summed E-state index contributed by atoms with van der Waals surface area (Å²) in [5.41, 5.74) is 5.75. The molecule has 1 heterocycles. The van der Waals surface area contributed by atoms with Crippen molar-refractivity contribution in [1.29, 1.82) is 0 Å². The number of carbonyl (C=O) groups is 1. The Hall–Kier alpha value is -1.73. The SMILES string of the molecule is CC(NCC1(C(N)=O)CCOCC1)c1cccc(OC(F)F)c1. The van der Waals surface area contributed by atoms with E-state index in [2.05, 4.69) is 10.1 Å². The molecule has 0 aliphatic carbocycles. The Morgan fingerprint density at radius 2 is 2.13 bits per heavy atom. The van der Waals surface area contributed by atoms with Gasteiger partial charge in [-0.25, -0.2) is 0 Å². The van der Waals surface area contributed by atoms with Gasteiger partial charge in [0.25, 0.3) is 0 Å². The molecule has 1 aliphatic heterocycles. The highest BCUT2D eigenvalue weighted by Gasteiger charge is 2.38. The molecular formula is C16H22F2N2O3. The van der Waals surface area contributed by atoms with Gasteiger partial charge in [0, 0.05) is 25.8 Å². The van der Waals surface area contributed by atoms with Crippen LogP contribution in [0.4, 0.5) is 8.78 Å². The molecule has 1 aromatic carbocycles. The molecule has 2 rings (SSSR count). The lowest BCUT2D eigenvalue weighted by molar-refractivity contribution is -0.133. The first kappa shape index (κ1) is 17.6. The molecule has 1 atom stereocenters. The standard InChI is InChI=1S/C16H22F2N2O3/c1-11(12-3-2-4-13(9-12)23-15(17)18)20-10-16(14(19)21)5-7-22-8-6-16/h2-4,9,11,15,20H,5-8,10H2,1H3,(H2,19,21). The number of ether oxygens (including phenoxy) is 2. The smallest absolute Gasteiger partial charge is 0.387 e. The van der Waals surface area contributed by atoms with E-state index in [0.29, 0.717) is 32.6 Å². The summed E-state index contributed by atoms with van der Waals surface area (Å²) in [6.07, 6.45) is 1.16. The number of nitrogens with one attached hydrogen (secondary N) is 1. The summed E-state index contributed by atoms with van der Waals surface area (Å²) in [5.74, 6) is -0.225. The third-order valence-electron chi connectivity index (χ3n) is 4.30. The lowest BCUT2D eigenvalue weighted by atomic mass is 9.79. The highest BCUT2D eigenvalue weighted by atomic mass is 19.3. The maximum absolute atomic E-state index is 12.3. The Kier molecular flexibility index (Phi) is 5.90. The van der Waals surface area contributed by atoms with Gasteiger partial charge in [-0.05, 0) is 37.5 Å². The van der Waals surface area contributed by atoms with Crippen molar-refractivity contribution in [3.8, 4) is 5.75 Å². The van der Waals surface area contributed by atoms with Crippen LogP contribution in [0.2, 0.25) is 0 Å². The molecular weight excluding hydrogens is 306 g/mol. The van der Waals surface area contributed by atoms with E-state index in [1.165, 1.54) is 6.07 Å². The molecule has 0 aromatic heterocycles. The molecule has 7 heteroatoms. The van der Waals surface area contributed by atoms with E-state index in [-0.39, 0.29) is 17.7 Å². The highest BCUT2D eigenvalue weighted by Crippen LogP contribution is 2.30. The Morgan fingerprint density at radius 3 is 2.74 bits per heavy atom. The molecule has 1 unspecified atom stereocenters. The predicted molar refractivity (Wildman–Crippen MR) is 81.2 cm³/mol. The zero-order valence-corrected chi connectivity index (χ0v) is 13.1. The largest absolute Gasteiger partial charge is 0.435 e. The second-order valence-electron chi connectivity index (χ2n) is 5.81. The summed E-state index contributed by atoms with van der Waals surface area (Å²) < 4.78 is 34.3. The second-order valence-corrected chi connectivity index (χ2v) is 5.81. The summed E-state index contributed by atoms with van der Waals surface area (Å²) in [5, 5.41) is 3.27. The number of primary amides is 1. The van der Waals surface area contributed by atoms with Crippen LogP contribution in [0.5, 0.6) is 5.75 Å². The number of carbonyl (C=O) groups excluding carboxylic acids is 1. The van der Waals surface area contributed by atoms with E-state index in [9.17, 15) is 13.6 Å². The van der Waals surface area contributed by atoms with Crippen LogP contribution in [0, 0.1) is 5.41 Å². The van der Waals surface area contributed by atoms with Crippen molar-refractivity contribution in [2.45, 2.75) is 32.4 Å². The first-order valence-electron chi connectivity index (χ1n) is 7.59. The van der Waals surface area contributed by atoms with Crippen LogP contribution in [-0.2, 0) is 9.53 Å². The minimum absolute atomic E-state index is 0.113. The quantitative estimate of drug-likeness (QED) is 0.805. The first-order chi connectivity index (χ1) is 10.9. The molecule has 1 amide bonds. The molecule has 0 spiro atoms. The average molecular weight is 328 g/mol. The topological polar surface area (TPSA) is 73.6 Å². The number of rotatable bonds is 7. The molecule has 128 valence electrons. The molecule has 1 fully saturated rings. The van der Waals surface area contributed by atoms with Gasteiger partial charge in [0.05, 0.1) is 5.41 Å². The van der Waals surface area contributed by atoms with E-state index in [4.69, 9.17) is 10.5 Å². The maximum Gasteiger partial charge on any atom is 0.387 e. The van der Waals surface area contributed by atoms with E-state index >= 15 is 0 Å². The van der Waals surface area contributed by atoms with Crippen molar-refractivity contribution >= 4 is 5.91 Å². The van der Waals surface area contributed by atoms with Gasteiger partial charge in [-0.1, -0.05) is 12.1 Å². The highest BCUT2D eigenvalue weighted by molar-refractivity contribution is 5.81. The summed E-state index contributed by atoms with van der Waals surface area (Å²) in [6.45, 7) is 0.490. The molecule has 23 heavy (non-hydrogen) atoms. The third-order valence-corrected chi connectivity index (χ3v) is 4.30. The van der Waals surface area contributed by atoms with E-state index < -0.39 is 12.0 Å². The van der Waals surface area contributed by atoms with Gasteiger partial charge in [0.15, 0.2) is 0 Å². The molecule has 1 aromatic rings. The van der Waals surface area contributed by atoms with Crippen LogP contribution >= 0.6 is 0 Å². The van der Waals surface area contributed by atoms with Crippen molar-refractivity contribution in [2.75, 3.05) is 19.8 Å². The summed E-state index contributed by atoms with van der Waals surface area (Å²) in [6, 6.07) is 6.38. The fraction of sp³-hybridized carbons (Fsp3) is 0.562. The van der Waals surface area contributed by atoms with Gasteiger partial charge in [-0.3, -0.25) is 4.79 Å². The zero-order chi connectivity index (χ0) is 16.9. The number of nitrogens with two attached hydrogens (primary N) is 1. The molecule has 0 bridgehead atoms. The minimum Gasteiger partial charge on any atom is -0.435 e. The van der Waals surface area contributed by atoms with Crippen LogP contribution in [0.15, 0.2) is 24.3 Å². The Labute approximate surface area is 134 Å². The average Bonchev–Trinajstić information content (AvgIpc) is 2.53. The van der Waals surface area contributed by atoms with Gasteiger partial charge >= 0.3 is 6.61 Å². The Balaban J connectivity index is 2.00. The number of hydrogen-bond acceptors (Lipinski definition) is 4. The van der Waals surface area contributed by atoms with Gasteiger partial charge in [-0.2, -0.15) is 8.78 Å². The third kappa shape index (κ3) is 4.62. The summed E-state index contributed by atoms with van der Waals surface area (Å²) in [7, 11) is 0. The summed E-state index contributed by atoms with van der Waals surface area (Å²) in [4.78, 5) is 11.8. The zero-order valence-electron chi connectivity index (χ0n) is 13.1. The molecule has 5 nitrogen and oxygen atoms in total. The molecule has 3 N–H and O–H groups in total. The molecule has 1 aliphatic rings. The molecule has 0 saturated carbocycles. The van der Waals surface area contributed by atoms with E-state index in [1.54, 1.807) is 12.1 Å².